The molecule has 1 N–H and O–H groups in total. The minimum atomic E-state index is -0.604. The Bertz CT molecular complexity index is 544. The molecule has 0 unspecified atom stereocenters. The largest absolute Gasteiger partial charge is 0.497 e. The van der Waals surface area contributed by atoms with Crippen LogP contribution in [0.4, 0.5) is 0 Å². The van der Waals surface area contributed by atoms with E-state index in [9.17, 15) is 4.79 Å². The number of aromatic nitrogens is 2. The molecule has 1 heterocycles. The van der Waals surface area contributed by atoms with Gasteiger partial charge in [0.25, 0.3) is 0 Å². The van der Waals surface area contributed by atoms with Gasteiger partial charge in [0.05, 0.1) is 19.8 Å². The summed E-state index contributed by atoms with van der Waals surface area (Å²) >= 11 is 0. The Kier molecular flexibility index (Phi) is 2.63. The lowest BCUT2D eigenvalue weighted by Crippen LogP contribution is -1.96. The Morgan fingerprint density at radius 3 is 2.69 bits per heavy atom. The zero-order valence-electron chi connectivity index (χ0n) is 8.81. The molecule has 2 aromatic rings. The molecule has 84 valence electrons. The minimum Gasteiger partial charge on any atom is -0.497 e. The number of ether oxygens (including phenoxy) is 2. The van der Waals surface area contributed by atoms with Crippen molar-refractivity contribution in [3.8, 4) is 22.9 Å². The summed E-state index contributed by atoms with van der Waals surface area (Å²) in [5, 5.41) is 3.59. The zero-order chi connectivity index (χ0) is 11.5. The Balaban J connectivity index is 2.52. The summed E-state index contributed by atoms with van der Waals surface area (Å²) in [5.74, 6) is 0.924. The predicted octanol–water partition coefficient (Wildman–Crippen LogP) is 1.05. The van der Waals surface area contributed by atoms with Gasteiger partial charge in [0, 0.05) is 6.07 Å². The highest BCUT2D eigenvalue weighted by molar-refractivity contribution is 5.65. The summed E-state index contributed by atoms with van der Waals surface area (Å²) in [7, 11) is 3.09. The quantitative estimate of drug-likeness (QED) is 0.839. The molecular formula is C10H10N2O4. The molecule has 2 rings (SSSR count). The lowest BCUT2D eigenvalue weighted by atomic mass is 10.2. The van der Waals surface area contributed by atoms with E-state index in [1.807, 2.05) is 0 Å². The van der Waals surface area contributed by atoms with E-state index in [0.29, 0.717) is 22.9 Å². The van der Waals surface area contributed by atoms with E-state index in [1.54, 1.807) is 25.3 Å². The summed E-state index contributed by atoms with van der Waals surface area (Å²) in [4.78, 5) is 13.3. The van der Waals surface area contributed by atoms with E-state index in [2.05, 4.69) is 14.7 Å². The first-order chi connectivity index (χ1) is 7.74. The number of H-pyrrole nitrogens is 1. The van der Waals surface area contributed by atoms with Crippen LogP contribution >= 0.6 is 0 Å². The molecule has 0 spiro atoms. The smallest absolute Gasteiger partial charge is 0.439 e. The highest BCUT2D eigenvalue weighted by atomic mass is 16.5. The van der Waals surface area contributed by atoms with Crippen LogP contribution in [0.1, 0.15) is 0 Å². The van der Waals surface area contributed by atoms with Crippen LogP contribution in [0.2, 0.25) is 0 Å². The van der Waals surface area contributed by atoms with Crippen LogP contribution in [0.3, 0.4) is 0 Å². The van der Waals surface area contributed by atoms with Crippen molar-refractivity contribution in [2.75, 3.05) is 14.2 Å². The second-order valence-corrected chi connectivity index (χ2v) is 3.01. The van der Waals surface area contributed by atoms with Crippen molar-refractivity contribution in [2.45, 2.75) is 0 Å². The lowest BCUT2D eigenvalue weighted by Gasteiger charge is -2.07. The second kappa shape index (κ2) is 4.09. The molecule has 0 bridgehead atoms. The van der Waals surface area contributed by atoms with Gasteiger partial charge >= 0.3 is 5.76 Å². The average molecular weight is 222 g/mol. The van der Waals surface area contributed by atoms with Gasteiger partial charge in [0.1, 0.15) is 11.5 Å². The number of benzene rings is 1. The topological polar surface area (TPSA) is 77.4 Å². The van der Waals surface area contributed by atoms with Crippen LogP contribution in [0.15, 0.2) is 27.5 Å². The number of hydrogen-bond acceptors (Lipinski definition) is 5. The van der Waals surface area contributed by atoms with E-state index in [4.69, 9.17) is 9.47 Å². The third-order valence-corrected chi connectivity index (χ3v) is 2.10. The first-order valence-electron chi connectivity index (χ1n) is 4.53. The fourth-order valence-corrected chi connectivity index (χ4v) is 1.34. The maximum Gasteiger partial charge on any atom is 0.439 e. The van der Waals surface area contributed by atoms with E-state index >= 15 is 0 Å². The van der Waals surface area contributed by atoms with Crippen molar-refractivity contribution in [1.82, 2.24) is 10.1 Å². The molecule has 0 atom stereocenters. The standard InChI is InChI=1S/C10H10N2O4/c1-14-6-3-4-7(8(5-6)15-2)9-11-10(13)16-12-9/h3-5H,1-2H3,(H,11,12,13). The number of hydrogen-bond donors (Lipinski definition) is 1. The van der Waals surface area contributed by atoms with Gasteiger partial charge in [0.2, 0.25) is 0 Å². The Morgan fingerprint density at radius 1 is 1.31 bits per heavy atom. The first-order valence-corrected chi connectivity index (χ1v) is 4.53. The number of rotatable bonds is 3. The monoisotopic (exact) mass is 222 g/mol. The van der Waals surface area contributed by atoms with Crippen LogP contribution in [0.5, 0.6) is 11.5 Å². The molecule has 0 aliphatic rings. The van der Waals surface area contributed by atoms with Crippen molar-refractivity contribution in [3.63, 3.8) is 0 Å². The fourth-order valence-electron chi connectivity index (χ4n) is 1.34. The van der Waals surface area contributed by atoms with Crippen molar-refractivity contribution in [1.29, 1.82) is 0 Å². The molecule has 0 aliphatic carbocycles. The third-order valence-electron chi connectivity index (χ3n) is 2.10. The van der Waals surface area contributed by atoms with E-state index in [-0.39, 0.29) is 0 Å². The Morgan fingerprint density at radius 2 is 2.12 bits per heavy atom. The molecule has 0 radical (unpaired) electrons. The van der Waals surface area contributed by atoms with Crippen LogP contribution < -0.4 is 15.2 Å². The van der Waals surface area contributed by atoms with Crippen molar-refractivity contribution in [2.24, 2.45) is 0 Å². The minimum absolute atomic E-state index is 0.324. The van der Waals surface area contributed by atoms with Gasteiger partial charge in [-0.05, 0) is 12.1 Å². The van der Waals surface area contributed by atoms with Gasteiger partial charge in [-0.3, -0.25) is 9.51 Å². The number of nitrogens with zero attached hydrogens (tertiary/aromatic N) is 1. The van der Waals surface area contributed by atoms with Crippen molar-refractivity contribution in [3.05, 3.63) is 28.7 Å². The molecule has 0 saturated carbocycles. The number of nitrogens with one attached hydrogen (secondary N) is 1. The molecule has 0 fully saturated rings. The highest BCUT2D eigenvalue weighted by Crippen LogP contribution is 2.30. The maximum atomic E-state index is 10.8. The van der Waals surface area contributed by atoms with Crippen LogP contribution in [0.25, 0.3) is 11.4 Å². The Labute approximate surface area is 90.8 Å². The number of methoxy groups -OCH3 is 2. The van der Waals surface area contributed by atoms with Gasteiger partial charge in [-0.15, -0.1) is 0 Å². The molecular weight excluding hydrogens is 212 g/mol. The van der Waals surface area contributed by atoms with Gasteiger partial charge in [-0.1, -0.05) is 5.16 Å². The van der Waals surface area contributed by atoms with Gasteiger partial charge in [-0.25, -0.2) is 4.79 Å². The summed E-state index contributed by atoms with van der Waals surface area (Å²) in [6, 6.07) is 5.17. The van der Waals surface area contributed by atoms with E-state index in [1.165, 1.54) is 7.11 Å². The van der Waals surface area contributed by atoms with Gasteiger partial charge in [0.15, 0.2) is 5.82 Å². The Hall–Kier alpha value is -2.24. The molecule has 6 heteroatoms. The summed E-state index contributed by atoms with van der Waals surface area (Å²) in [6.45, 7) is 0. The number of aromatic amines is 1. The van der Waals surface area contributed by atoms with Crippen LogP contribution in [0, 0.1) is 0 Å². The van der Waals surface area contributed by atoms with E-state index in [0.717, 1.165) is 0 Å². The van der Waals surface area contributed by atoms with E-state index < -0.39 is 5.76 Å². The molecule has 16 heavy (non-hydrogen) atoms. The van der Waals surface area contributed by atoms with Crippen molar-refractivity contribution < 1.29 is 14.0 Å². The lowest BCUT2D eigenvalue weighted by molar-refractivity contribution is 0.385. The normalized spacial score (nSPS) is 10.1. The van der Waals surface area contributed by atoms with Gasteiger partial charge < -0.3 is 9.47 Å². The zero-order valence-corrected chi connectivity index (χ0v) is 8.81. The third kappa shape index (κ3) is 1.77. The SMILES string of the molecule is COc1ccc(-c2noc(=O)[nH]2)c(OC)c1. The molecule has 1 aromatic carbocycles. The molecule has 1 aromatic heterocycles. The predicted molar refractivity (Wildman–Crippen MR) is 55.7 cm³/mol. The second-order valence-electron chi connectivity index (χ2n) is 3.01. The molecule has 0 aliphatic heterocycles. The van der Waals surface area contributed by atoms with Crippen LogP contribution in [-0.2, 0) is 0 Å². The first kappa shape index (κ1) is 10.3. The molecule has 0 saturated heterocycles. The highest BCUT2D eigenvalue weighted by Gasteiger charge is 2.11. The molecule has 6 nitrogen and oxygen atoms in total. The average Bonchev–Trinajstić information content (AvgIpc) is 2.74. The summed E-state index contributed by atoms with van der Waals surface area (Å²) < 4.78 is 14.7. The van der Waals surface area contributed by atoms with Crippen molar-refractivity contribution >= 4 is 0 Å². The summed E-state index contributed by atoms with van der Waals surface area (Å²) in [5.41, 5.74) is 0.633. The van der Waals surface area contributed by atoms with Crippen LogP contribution in [-0.4, -0.2) is 24.4 Å². The maximum absolute atomic E-state index is 10.8. The fraction of sp³-hybridized carbons (Fsp3) is 0.200. The van der Waals surface area contributed by atoms with Gasteiger partial charge in [-0.2, -0.15) is 0 Å². The summed E-state index contributed by atoms with van der Waals surface area (Å²) in [6.07, 6.45) is 0. The molecule has 0 amide bonds.